The van der Waals surface area contributed by atoms with Crippen LogP contribution in [-0.2, 0) is 9.59 Å². The molecule has 8 heteroatoms. The highest BCUT2D eigenvalue weighted by atomic mass is 79.9. The van der Waals surface area contributed by atoms with Crippen LogP contribution in [-0.4, -0.2) is 35.5 Å². The van der Waals surface area contributed by atoms with Crippen molar-refractivity contribution < 1.29 is 14.5 Å². The molecule has 163 valence electrons. The molecule has 2 amide bonds. The Morgan fingerprint density at radius 3 is 1.75 bits per heavy atom. The van der Waals surface area contributed by atoms with Gasteiger partial charge in [-0.25, -0.2) is 4.90 Å². The van der Waals surface area contributed by atoms with Gasteiger partial charge in [0.25, 0.3) is 0 Å². The smallest absolute Gasteiger partial charge is 0.247 e. The number of anilines is 3. The van der Waals surface area contributed by atoms with Gasteiger partial charge in [-0.3, -0.25) is 9.59 Å². The Hall–Kier alpha value is -2.73. The van der Waals surface area contributed by atoms with E-state index in [1.807, 2.05) is 70.0 Å². The van der Waals surface area contributed by atoms with Crippen LogP contribution in [0.25, 0.3) is 0 Å². The predicted octanol–water partition coefficient (Wildman–Crippen LogP) is 4.86. The standard InChI is InChI=1S/C24H22BrN3O3P/c25-18-11-13-21(14-12-18)28-23(29)17-22(24(28)30)32(31)26(19-7-3-1-4-8-19)15-16-27(32)20-9-5-2-6-10-20/h1-14,22,31H,15-17H2. The minimum Gasteiger partial charge on any atom is -0.345 e. The number of benzene rings is 3. The maximum Gasteiger partial charge on any atom is 0.247 e. The number of rotatable bonds is 4. The predicted molar refractivity (Wildman–Crippen MR) is 132 cm³/mol. The largest absolute Gasteiger partial charge is 0.345 e. The van der Waals surface area contributed by atoms with E-state index in [0.29, 0.717) is 18.8 Å². The van der Waals surface area contributed by atoms with Gasteiger partial charge in [-0.1, -0.05) is 52.3 Å². The molecule has 0 aromatic heterocycles. The van der Waals surface area contributed by atoms with Gasteiger partial charge in [0.2, 0.25) is 11.8 Å². The highest BCUT2D eigenvalue weighted by Gasteiger charge is 2.58. The first-order chi connectivity index (χ1) is 15.5. The molecule has 3 aromatic carbocycles. The fourth-order valence-corrected chi connectivity index (χ4v) is 8.22. The second-order valence-corrected chi connectivity index (χ2v) is 11.5. The van der Waals surface area contributed by atoms with Crippen molar-refractivity contribution in [3.63, 3.8) is 0 Å². The van der Waals surface area contributed by atoms with Gasteiger partial charge in [-0.2, -0.15) is 0 Å². The second-order valence-electron chi connectivity index (χ2n) is 7.80. The van der Waals surface area contributed by atoms with Gasteiger partial charge < -0.3 is 14.2 Å². The topological polar surface area (TPSA) is 64.1 Å². The molecule has 2 fully saturated rings. The molecule has 6 nitrogen and oxygen atoms in total. The third-order valence-electron chi connectivity index (χ3n) is 5.97. The number of carbonyl (C=O) groups excluding carboxylic acids is 2. The first-order valence-electron chi connectivity index (χ1n) is 10.4. The Kier molecular flexibility index (Phi) is 5.49. The minimum absolute atomic E-state index is 0.0220. The summed E-state index contributed by atoms with van der Waals surface area (Å²) in [5, 5.41) is 0. The Balaban J connectivity index is 1.58. The zero-order valence-electron chi connectivity index (χ0n) is 17.2. The summed E-state index contributed by atoms with van der Waals surface area (Å²) in [6.07, 6.45) is -0.0220. The summed E-state index contributed by atoms with van der Waals surface area (Å²) in [5.41, 5.74) is 1.39. The average Bonchev–Trinajstić information content (AvgIpc) is 3.32. The molecule has 1 radical (unpaired) electrons. The highest BCUT2D eigenvalue weighted by Crippen LogP contribution is 2.71. The number of hydrogen-bond acceptors (Lipinski definition) is 5. The third kappa shape index (κ3) is 3.41. The Morgan fingerprint density at radius 2 is 1.25 bits per heavy atom. The Morgan fingerprint density at radius 1 is 0.750 bits per heavy atom. The zero-order chi connectivity index (χ0) is 22.3. The van der Waals surface area contributed by atoms with Crippen LogP contribution in [0.4, 0.5) is 17.1 Å². The third-order valence-corrected chi connectivity index (χ3v) is 10.0. The highest BCUT2D eigenvalue weighted by molar-refractivity contribution is 9.10. The summed E-state index contributed by atoms with van der Waals surface area (Å²) in [7, 11) is -3.25. The molecule has 0 saturated carbocycles. The minimum atomic E-state index is -3.25. The molecule has 2 saturated heterocycles. The zero-order valence-corrected chi connectivity index (χ0v) is 19.7. The lowest BCUT2D eigenvalue weighted by Crippen LogP contribution is -2.39. The van der Waals surface area contributed by atoms with E-state index in [2.05, 4.69) is 15.9 Å². The summed E-state index contributed by atoms with van der Waals surface area (Å²) in [6.45, 7) is 1.14. The van der Waals surface area contributed by atoms with Gasteiger partial charge in [0.15, 0.2) is 7.79 Å². The van der Waals surface area contributed by atoms with Crippen molar-refractivity contribution in [2.24, 2.45) is 0 Å². The lowest BCUT2D eigenvalue weighted by Gasteiger charge is -2.45. The number of halogens is 1. The molecule has 1 unspecified atom stereocenters. The molecule has 0 aliphatic carbocycles. The van der Waals surface area contributed by atoms with Crippen molar-refractivity contribution in [1.29, 1.82) is 0 Å². The van der Waals surface area contributed by atoms with E-state index >= 15 is 0 Å². The summed E-state index contributed by atoms with van der Waals surface area (Å²) in [6, 6.07) is 26.3. The fraction of sp³-hybridized carbons (Fsp3) is 0.167. The van der Waals surface area contributed by atoms with E-state index < -0.39 is 13.4 Å². The van der Waals surface area contributed by atoms with E-state index in [1.165, 1.54) is 4.90 Å². The molecule has 32 heavy (non-hydrogen) atoms. The fourth-order valence-electron chi connectivity index (χ4n) is 4.50. The van der Waals surface area contributed by atoms with Crippen LogP contribution in [0.3, 0.4) is 0 Å². The molecule has 1 atom stereocenters. The maximum absolute atomic E-state index is 13.7. The molecule has 0 spiro atoms. The first-order valence-corrected chi connectivity index (χ1v) is 12.9. The summed E-state index contributed by atoms with van der Waals surface area (Å²) in [4.78, 5) is 40.3. The number of para-hydroxylation sites is 2. The lowest BCUT2D eigenvalue weighted by atomic mass is 10.3. The molecular formula is C24H22BrN3O3P. The molecular weight excluding hydrogens is 489 g/mol. The van der Waals surface area contributed by atoms with Gasteiger partial charge in [0, 0.05) is 35.4 Å². The quantitative estimate of drug-likeness (QED) is 0.401. The van der Waals surface area contributed by atoms with Crippen molar-refractivity contribution in [2.75, 3.05) is 27.3 Å². The normalized spacial score (nSPS) is 20.3. The number of hydrogen-bond donors (Lipinski definition) is 1. The van der Waals surface area contributed by atoms with Crippen LogP contribution in [0, 0.1) is 0 Å². The number of carbonyl (C=O) groups is 2. The van der Waals surface area contributed by atoms with Crippen molar-refractivity contribution in [2.45, 2.75) is 12.1 Å². The second kappa shape index (κ2) is 8.32. The molecule has 2 aliphatic heterocycles. The molecule has 1 N–H and O–H groups in total. The van der Waals surface area contributed by atoms with Gasteiger partial charge in [0.1, 0.15) is 5.66 Å². The van der Waals surface area contributed by atoms with E-state index in [1.54, 1.807) is 24.3 Å². The summed E-state index contributed by atoms with van der Waals surface area (Å²) >= 11 is 3.39. The van der Waals surface area contributed by atoms with Crippen molar-refractivity contribution >= 4 is 52.6 Å². The summed E-state index contributed by atoms with van der Waals surface area (Å²) < 4.78 is 4.76. The molecule has 3 aromatic rings. The van der Waals surface area contributed by atoms with Crippen molar-refractivity contribution in [3.05, 3.63) is 89.4 Å². The maximum atomic E-state index is 13.7. The average molecular weight is 511 g/mol. The monoisotopic (exact) mass is 510 g/mol. The van der Waals surface area contributed by atoms with Gasteiger partial charge in [-0.05, 0) is 48.5 Å². The summed E-state index contributed by atoms with van der Waals surface area (Å²) in [5.74, 6) is -0.638. The van der Waals surface area contributed by atoms with Gasteiger partial charge in [-0.15, -0.1) is 0 Å². The number of amides is 2. The van der Waals surface area contributed by atoms with E-state index in [-0.39, 0.29) is 18.2 Å². The van der Waals surface area contributed by atoms with Crippen molar-refractivity contribution in [3.8, 4) is 0 Å². The van der Waals surface area contributed by atoms with Gasteiger partial charge >= 0.3 is 0 Å². The van der Waals surface area contributed by atoms with Crippen LogP contribution >= 0.6 is 23.7 Å². The Bertz CT molecular complexity index is 1100. The molecule has 2 aliphatic rings. The van der Waals surface area contributed by atoms with Crippen LogP contribution in [0.5, 0.6) is 0 Å². The van der Waals surface area contributed by atoms with Crippen LogP contribution in [0.15, 0.2) is 89.4 Å². The SMILES string of the molecule is O=C1CC([P]2(O)N(c3ccccc3)CCN2c2ccccc2)C(=O)N1c1ccc(Br)cc1. The van der Waals surface area contributed by atoms with Crippen molar-refractivity contribution in [1.82, 2.24) is 0 Å². The van der Waals surface area contributed by atoms with Crippen LogP contribution < -0.4 is 14.2 Å². The van der Waals surface area contributed by atoms with Crippen LogP contribution in [0.1, 0.15) is 6.42 Å². The van der Waals surface area contributed by atoms with E-state index in [0.717, 1.165) is 15.8 Å². The molecule has 5 rings (SSSR count). The molecule has 0 bridgehead atoms. The Labute approximate surface area is 195 Å². The van der Waals surface area contributed by atoms with E-state index in [9.17, 15) is 14.5 Å². The number of nitrogens with zero attached hydrogens (tertiary/aromatic N) is 3. The first kappa shape index (κ1) is 21.1. The number of imide groups is 1. The van der Waals surface area contributed by atoms with E-state index in [4.69, 9.17) is 0 Å². The van der Waals surface area contributed by atoms with Gasteiger partial charge in [0.05, 0.1) is 5.69 Å². The van der Waals surface area contributed by atoms with Crippen LogP contribution in [0.2, 0.25) is 0 Å². The molecule has 2 heterocycles. The lowest BCUT2D eigenvalue weighted by molar-refractivity contribution is -0.121.